The van der Waals surface area contributed by atoms with Crippen LogP contribution in [0.5, 0.6) is 11.5 Å². The Kier molecular flexibility index (Phi) is 9.46. The summed E-state index contributed by atoms with van der Waals surface area (Å²) in [5, 5.41) is 0. The molecule has 0 heterocycles. The maximum absolute atomic E-state index is 13.5. The average Bonchev–Trinajstić information content (AvgIpc) is 3.04. The summed E-state index contributed by atoms with van der Waals surface area (Å²) >= 11 is 0. The van der Waals surface area contributed by atoms with E-state index in [1.807, 2.05) is 146 Å². The summed E-state index contributed by atoms with van der Waals surface area (Å²) in [7, 11) is 0. The number of hydrogen-bond donors (Lipinski definition) is 0. The van der Waals surface area contributed by atoms with Gasteiger partial charge in [0.25, 0.3) is 0 Å². The van der Waals surface area contributed by atoms with E-state index < -0.39 is 5.92 Å². The molecule has 0 spiro atoms. The molecule has 0 amide bonds. The number of esters is 1. The van der Waals surface area contributed by atoms with E-state index in [1.165, 1.54) is 0 Å². The van der Waals surface area contributed by atoms with E-state index in [0.717, 1.165) is 39.3 Å². The van der Waals surface area contributed by atoms with Crippen LogP contribution in [-0.4, -0.2) is 12.6 Å². The van der Waals surface area contributed by atoms with Gasteiger partial charge in [-0.05, 0) is 59.0 Å². The van der Waals surface area contributed by atoms with Crippen molar-refractivity contribution < 1.29 is 19.0 Å². The zero-order valence-electron chi connectivity index (χ0n) is 23.2. The third-order valence-electron chi connectivity index (χ3n) is 7.01. The molecule has 0 saturated heterocycles. The lowest BCUT2D eigenvalue weighted by atomic mass is 9.77. The molecular formula is C37H34O4. The lowest BCUT2D eigenvalue weighted by molar-refractivity contribution is -0.145. The van der Waals surface area contributed by atoms with Crippen LogP contribution < -0.4 is 9.47 Å². The first-order valence-electron chi connectivity index (χ1n) is 14.0. The monoisotopic (exact) mass is 542 g/mol. The lowest BCUT2D eigenvalue weighted by Gasteiger charge is -2.27. The van der Waals surface area contributed by atoms with Gasteiger partial charge in [0.1, 0.15) is 24.7 Å². The van der Waals surface area contributed by atoms with Crippen LogP contribution in [0.3, 0.4) is 0 Å². The van der Waals surface area contributed by atoms with Crippen LogP contribution in [0.4, 0.5) is 0 Å². The molecule has 0 bridgehead atoms. The minimum Gasteiger partial charge on any atom is -0.489 e. The summed E-state index contributed by atoms with van der Waals surface area (Å²) in [5.41, 5.74) is 5.12. The maximum atomic E-state index is 13.5. The third-order valence-corrected chi connectivity index (χ3v) is 7.01. The molecule has 0 fully saturated rings. The van der Waals surface area contributed by atoms with Gasteiger partial charge in [0.2, 0.25) is 0 Å². The van der Waals surface area contributed by atoms with Crippen LogP contribution in [-0.2, 0) is 22.7 Å². The Morgan fingerprint density at radius 2 is 0.951 bits per heavy atom. The Balaban J connectivity index is 1.44. The molecule has 5 aromatic rings. The van der Waals surface area contributed by atoms with Gasteiger partial charge >= 0.3 is 5.97 Å². The summed E-state index contributed by atoms with van der Waals surface area (Å²) in [6, 6.07) is 46.1. The van der Waals surface area contributed by atoms with Crippen LogP contribution in [0, 0.1) is 0 Å². The van der Waals surface area contributed by atoms with Crippen LogP contribution in [0.1, 0.15) is 46.6 Å². The molecule has 0 N–H and O–H groups in total. The highest BCUT2D eigenvalue weighted by Gasteiger charge is 2.33. The summed E-state index contributed by atoms with van der Waals surface area (Å²) < 4.78 is 17.7. The Morgan fingerprint density at radius 3 is 1.37 bits per heavy atom. The standard InChI is InChI=1S/C37H34O4/c1-2-39-37(38)36(30-16-10-5-11-17-30)35(31-18-22-33(23-19-31)40-26-28-12-6-3-7-13-28)32-20-24-34(25-21-32)41-27-29-14-8-4-9-15-29/h3-25,35-36H,2,26-27H2,1H3. The minimum absolute atomic E-state index is 0.252. The minimum atomic E-state index is -0.525. The highest BCUT2D eigenvalue weighted by atomic mass is 16.5. The molecule has 1 unspecified atom stereocenters. The van der Waals surface area contributed by atoms with Gasteiger partial charge in [0.05, 0.1) is 12.5 Å². The van der Waals surface area contributed by atoms with E-state index >= 15 is 0 Å². The number of rotatable bonds is 12. The first-order chi connectivity index (χ1) is 20.2. The van der Waals surface area contributed by atoms with Crippen LogP contribution in [0.2, 0.25) is 0 Å². The van der Waals surface area contributed by atoms with Gasteiger partial charge in [-0.25, -0.2) is 0 Å². The molecule has 206 valence electrons. The van der Waals surface area contributed by atoms with E-state index in [9.17, 15) is 4.79 Å². The molecule has 0 aromatic heterocycles. The number of carbonyl (C=O) groups is 1. The largest absolute Gasteiger partial charge is 0.489 e. The van der Waals surface area contributed by atoms with Gasteiger partial charge in [-0.1, -0.05) is 115 Å². The summed E-state index contributed by atoms with van der Waals surface area (Å²) in [5.74, 6) is 0.491. The first kappa shape index (κ1) is 27.7. The Labute approximate surface area is 242 Å². The smallest absolute Gasteiger partial charge is 0.314 e. The SMILES string of the molecule is CCOC(=O)C(c1ccccc1)C(c1ccc(OCc2ccccc2)cc1)c1ccc(OCc2ccccc2)cc1. The van der Waals surface area contributed by atoms with Crippen molar-refractivity contribution in [1.82, 2.24) is 0 Å². The van der Waals surface area contributed by atoms with Crippen molar-refractivity contribution in [2.24, 2.45) is 0 Å². The van der Waals surface area contributed by atoms with Gasteiger partial charge in [0, 0.05) is 5.92 Å². The molecule has 5 aromatic carbocycles. The van der Waals surface area contributed by atoms with E-state index in [-0.39, 0.29) is 11.9 Å². The zero-order valence-corrected chi connectivity index (χ0v) is 23.2. The maximum Gasteiger partial charge on any atom is 0.314 e. The number of hydrogen-bond acceptors (Lipinski definition) is 4. The van der Waals surface area contributed by atoms with Crippen molar-refractivity contribution in [3.8, 4) is 11.5 Å². The summed E-state index contributed by atoms with van der Waals surface area (Å²) in [4.78, 5) is 13.5. The molecule has 41 heavy (non-hydrogen) atoms. The van der Waals surface area contributed by atoms with Gasteiger partial charge in [-0.2, -0.15) is 0 Å². The fourth-order valence-electron chi connectivity index (χ4n) is 4.96. The number of benzene rings is 5. The highest BCUT2D eigenvalue weighted by molar-refractivity contribution is 5.80. The number of carbonyl (C=O) groups excluding carboxylic acids is 1. The molecule has 5 rings (SSSR count). The molecule has 4 heteroatoms. The molecule has 1 atom stereocenters. The van der Waals surface area contributed by atoms with Gasteiger partial charge in [0.15, 0.2) is 0 Å². The number of ether oxygens (including phenoxy) is 3. The second-order valence-corrected chi connectivity index (χ2v) is 9.80. The Bertz CT molecular complexity index is 1400. The normalized spacial score (nSPS) is 11.6. The van der Waals surface area contributed by atoms with E-state index in [0.29, 0.717) is 19.8 Å². The van der Waals surface area contributed by atoms with Crippen molar-refractivity contribution in [3.05, 3.63) is 167 Å². The molecule has 0 aliphatic rings. The van der Waals surface area contributed by atoms with Crippen LogP contribution >= 0.6 is 0 Å². The van der Waals surface area contributed by atoms with E-state index in [2.05, 4.69) is 0 Å². The van der Waals surface area contributed by atoms with E-state index in [1.54, 1.807) is 0 Å². The molecular weight excluding hydrogens is 508 g/mol. The van der Waals surface area contributed by atoms with Crippen molar-refractivity contribution in [2.45, 2.75) is 32.0 Å². The molecule has 0 aliphatic heterocycles. The topological polar surface area (TPSA) is 44.8 Å². The lowest BCUT2D eigenvalue weighted by Crippen LogP contribution is -2.24. The Hall–Kier alpha value is -4.83. The molecule has 4 nitrogen and oxygen atoms in total. The van der Waals surface area contributed by atoms with Gasteiger partial charge in [-0.3, -0.25) is 4.79 Å². The summed E-state index contributed by atoms with van der Waals surface area (Å²) in [6.45, 7) is 3.13. The highest BCUT2D eigenvalue weighted by Crippen LogP contribution is 2.40. The van der Waals surface area contributed by atoms with Crippen LogP contribution in [0.25, 0.3) is 0 Å². The van der Waals surface area contributed by atoms with Gasteiger partial charge in [-0.15, -0.1) is 0 Å². The van der Waals surface area contributed by atoms with Crippen molar-refractivity contribution >= 4 is 5.97 Å². The van der Waals surface area contributed by atoms with Crippen molar-refractivity contribution in [2.75, 3.05) is 6.61 Å². The average molecular weight is 543 g/mol. The quantitative estimate of drug-likeness (QED) is 0.149. The van der Waals surface area contributed by atoms with E-state index in [4.69, 9.17) is 14.2 Å². The fourth-order valence-corrected chi connectivity index (χ4v) is 4.96. The first-order valence-corrected chi connectivity index (χ1v) is 14.0. The third kappa shape index (κ3) is 7.43. The van der Waals surface area contributed by atoms with Crippen molar-refractivity contribution in [3.63, 3.8) is 0 Å². The van der Waals surface area contributed by atoms with Crippen LogP contribution in [0.15, 0.2) is 140 Å². The second kappa shape index (κ2) is 14.0. The Morgan fingerprint density at radius 1 is 0.537 bits per heavy atom. The summed E-state index contributed by atoms with van der Waals surface area (Å²) in [6.07, 6.45) is 0. The predicted molar refractivity (Wildman–Crippen MR) is 162 cm³/mol. The predicted octanol–water partition coefficient (Wildman–Crippen LogP) is 8.32. The molecule has 0 saturated carbocycles. The van der Waals surface area contributed by atoms with Gasteiger partial charge < -0.3 is 14.2 Å². The van der Waals surface area contributed by atoms with Crippen molar-refractivity contribution in [1.29, 1.82) is 0 Å². The molecule has 0 radical (unpaired) electrons. The zero-order chi connectivity index (χ0) is 28.3. The fraction of sp³-hybridized carbons (Fsp3) is 0.162. The molecule has 0 aliphatic carbocycles. The second-order valence-electron chi connectivity index (χ2n) is 9.80.